The van der Waals surface area contributed by atoms with Gasteiger partial charge in [-0.3, -0.25) is 19.9 Å². The number of hydrazine groups is 1. The van der Waals surface area contributed by atoms with Gasteiger partial charge in [-0.1, -0.05) is 40.5 Å². The fraction of sp³-hybridized carbons (Fsp3) is 0.538. The first-order chi connectivity index (χ1) is 19.1. The summed E-state index contributed by atoms with van der Waals surface area (Å²) in [4.78, 5) is 51.4. The van der Waals surface area contributed by atoms with E-state index in [4.69, 9.17) is 9.15 Å². The Labute approximate surface area is 233 Å². The number of benzene rings is 1. The molecular formula is C26H32F3N5O7. The number of halogens is 3. The number of amides is 3. The Hall–Kier alpha value is -4.17. The smallest absolute Gasteiger partial charge is 0.428 e. The van der Waals surface area contributed by atoms with Gasteiger partial charge in [0, 0.05) is 18.0 Å². The van der Waals surface area contributed by atoms with E-state index in [9.17, 15) is 37.5 Å². The highest BCUT2D eigenvalue weighted by Crippen LogP contribution is 2.33. The Bertz CT molecular complexity index is 1260. The van der Waals surface area contributed by atoms with Gasteiger partial charge in [-0.05, 0) is 36.1 Å². The van der Waals surface area contributed by atoms with Crippen molar-refractivity contribution in [3.8, 4) is 11.5 Å². The quantitative estimate of drug-likeness (QED) is 0.368. The monoisotopic (exact) mass is 583 g/mol. The number of nitrogens with zero attached hydrogens (tertiary/aromatic N) is 4. The number of nitrogens with one attached hydrogen (secondary N) is 1. The van der Waals surface area contributed by atoms with Gasteiger partial charge in [0.05, 0.1) is 12.1 Å². The van der Waals surface area contributed by atoms with E-state index >= 15 is 0 Å². The van der Waals surface area contributed by atoms with Crippen LogP contribution in [0.1, 0.15) is 58.4 Å². The number of carbonyl (C=O) groups is 4. The van der Waals surface area contributed by atoms with Gasteiger partial charge in [0.2, 0.25) is 17.6 Å². The average Bonchev–Trinajstić information content (AvgIpc) is 3.52. The first-order valence-corrected chi connectivity index (χ1v) is 12.9. The fourth-order valence-corrected chi connectivity index (χ4v) is 4.34. The molecule has 0 unspecified atom stereocenters. The van der Waals surface area contributed by atoms with E-state index in [2.05, 4.69) is 15.6 Å². The van der Waals surface area contributed by atoms with E-state index in [1.54, 1.807) is 20.8 Å². The molecule has 2 aromatic rings. The molecule has 3 amide bonds. The second-order valence-electron chi connectivity index (χ2n) is 10.6. The van der Waals surface area contributed by atoms with Crippen LogP contribution in [0.4, 0.5) is 22.8 Å². The number of hydrogen-bond donors (Lipinski definition) is 2. The molecule has 1 fully saturated rings. The van der Waals surface area contributed by atoms with Crippen LogP contribution < -0.4 is 5.43 Å². The Kier molecular flexibility index (Phi) is 9.61. The van der Waals surface area contributed by atoms with Gasteiger partial charge in [0.25, 0.3) is 0 Å². The van der Waals surface area contributed by atoms with Crippen molar-refractivity contribution in [3.63, 3.8) is 0 Å². The highest BCUT2D eigenvalue weighted by atomic mass is 19.4. The molecule has 0 aliphatic carbocycles. The van der Waals surface area contributed by atoms with Gasteiger partial charge >= 0.3 is 24.3 Å². The van der Waals surface area contributed by atoms with Crippen LogP contribution >= 0.6 is 0 Å². The van der Waals surface area contributed by atoms with E-state index in [0.717, 1.165) is 22.0 Å². The van der Waals surface area contributed by atoms with Gasteiger partial charge in [0.1, 0.15) is 12.6 Å². The van der Waals surface area contributed by atoms with Crippen LogP contribution in [-0.4, -0.2) is 74.3 Å². The lowest BCUT2D eigenvalue weighted by atomic mass is 9.82. The Morgan fingerprint density at radius 2 is 1.80 bits per heavy atom. The maximum absolute atomic E-state index is 13.3. The van der Waals surface area contributed by atoms with E-state index in [0.29, 0.717) is 12.8 Å². The molecule has 2 N–H and O–H groups in total. The van der Waals surface area contributed by atoms with Crippen LogP contribution in [0.2, 0.25) is 0 Å². The van der Waals surface area contributed by atoms with Crippen LogP contribution in [0.25, 0.3) is 11.5 Å². The van der Waals surface area contributed by atoms with Gasteiger partial charge in [-0.2, -0.15) is 13.2 Å². The first-order valence-electron chi connectivity index (χ1n) is 12.9. The molecule has 1 aromatic carbocycles. The van der Waals surface area contributed by atoms with Gasteiger partial charge in [-0.25, -0.2) is 14.6 Å². The van der Waals surface area contributed by atoms with Gasteiger partial charge in [0.15, 0.2) is 0 Å². The number of aromatic nitrogens is 2. The number of unbranched alkanes of at least 4 members (excludes halogenated alkanes) is 1. The van der Waals surface area contributed by atoms with Crippen LogP contribution in [0, 0.1) is 5.41 Å². The number of alkyl halides is 3. The highest BCUT2D eigenvalue weighted by molar-refractivity contribution is 6.38. The zero-order valence-electron chi connectivity index (χ0n) is 23.0. The van der Waals surface area contributed by atoms with Crippen LogP contribution in [0.3, 0.4) is 0 Å². The zero-order valence-corrected chi connectivity index (χ0v) is 23.0. The van der Waals surface area contributed by atoms with E-state index in [-0.39, 0.29) is 43.3 Å². The van der Waals surface area contributed by atoms with Crippen molar-refractivity contribution in [2.24, 2.45) is 5.41 Å². The van der Waals surface area contributed by atoms with Crippen LogP contribution in [-0.2, 0) is 26.9 Å². The minimum atomic E-state index is -4.51. The molecule has 3 rings (SSSR count). The van der Waals surface area contributed by atoms with E-state index in [1.165, 1.54) is 12.1 Å². The second-order valence-corrected chi connectivity index (χ2v) is 10.6. The Balaban J connectivity index is 1.90. The first kappa shape index (κ1) is 31.4. The number of cyclic esters (lactones) is 1. The number of hydrogen-bond acceptors (Lipinski definition) is 8. The summed E-state index contributed by atoms with van der Waals surface area (Å²) >= 11 is 0. The average molecular weight is 584 g/mol. The normalized spacial score (nSPS) is 15.3. The number of Topliss-reactive ketones (excluding diaryl/α,β-unsaturated/α-hetero) is 1. The molecule has 12 nitrogen and oxygen atoms in total. The molecule has 2 atom stereocenters. The SMILES string of the molecule is CCCC[C@@H](C(=O)C(=O)NN1CCOC1=O)N(C(=O)O)[C@H](Cc1nnc(-c2ccc(C(F)(F)F)cc2)o1)C(C)(C)C. The lowest BCUT2D eigenvalue weighted by molar-refractivity contribution is -0.143. The van der Waals surface area contributed by atoms with Crippen molar-refractivity contribution in [1.29, 1.82) is 0 Å². The van der Waals surface area contributed by atoms with Crippen molar-refractivity contribution in [2.75, 3.05) is 13.2 Å². The molecule has 224 valence electrons. The molecule has 1 aromatic heterocycles. The molecule has 1 saturated heterocycles. The summed E-state index contributed by atoms with van der Waals surface area (Å²) in [6.07, 6.45) is -5.90. The predicted octanol–water partition coefficient (Wildman–Crippen LogP) is 4.30. The molecule has 0 bridgehead atoms. The molecule has 1 aliphatic heterocycles. The lowest BCUT2D eigenvalue weighted by Crippen LogP contribution is -2.59. The van der Waals surface area contributed by atoms with Crippen molar-refractivity contribution < 1.29 is 46.6 Å². The van der Waals surface area contributed by atoms with Crippen molar-refractivity contribution in [2.45, 2.75) is 71.6 Å². The molecule has 2 heterocycles. The van der Waals surface area contributed by atoms with Gasteiger partial charge in [-0.15, -0.1) is 10.2 Å². The maximum atomic E-state index is 13.3. The summed E-state index contributed by atoms with van der Waals surface area (Å²) in [5, 5.41) is 19.0. The Morgan fingerprint density at radius 1 is 1.15 bits per heavy atom. The minimum Gasteiger partial charge on any atom is -0.465 e. The summed E-state index contributed by atoms with van der Waals surface area (Å²) in [6.45, 7) is 7.12. The number of ketones is 1. The van der Waals surface area contributed by atoms with E-state index < -0.39 is 53.1 Å². The van der Waals surface area contributed by atoms with Gasteiger partial charge < -0.3 is 14.3 Å². The largest absolute Gasteiger partial charge is 0.465 e. The number of rotatable bonds is 11. The summed E-state index contributed by atoms with van der Waals surface area (Å²) in [5.74, 6) is -2.30. The molecule has 1 aliphatic rings. The molecule has 0 spiro atoms. The molecule has 0 saturated carbocycles. The van der Waals surface area contributed by atoms with Crippen molar-refractivity contribution in [1.82, 2.24) is 25.5 Å². The third kappa shape index (κ3) is 7.73. The summed E-state index contributed by atoms with van der Waals surface area (Å²) in [6, 6.07) is 1.77. The lowest BCUT2D eigenvalue weighted by Gasteiger charge is -2.41. The zero-order chi connectivity index (χ0) is 30.5. The Morgan fingerprint density at radius 3 is 2.32 bits per heavy atom. The van der Waals surface area contributed by atoms with Crippen molar-refractivity contribution in [3.05, 3.63) is 35.7 Å². The standard InChI is InChI=1S/C26H32F3N5O7/c1-5-6-7-17(20(35)21(36)32-33-12-13-40-24(33)39)34(23(37)38)18(25(2,3)4)14-19-30-31-22(41-19)15-8-10-16(11-9-15)26(27,28)29/h8-11,17-18H,5-7,12-14H2,1-4H3,(H,32,36)(H,37,38)/t17-,18+/m0/s1. The maximum Gasteiger partial charge on any atom is 0.428 e. The van der Waals surface area contributed by atoms with E-state index in [1.807, 2.05) is 6.92 Å². The molecular weight excluding hydrogens is 551 g/mol. The summed E-state index contributed by atoms with van der Waals surface area (Å²) in [7, 11) is 0. The molecule has 41 heavy (non-hydrogen) atoms. The van der Waals surface area contributed by atoms with Crippen molar-refractivity contribution >= 4 is 23.9 Å². The third-order valence-corrected chi connectivity index (χ3v) is 6.54. The number of ether oxygens (including phenoxy) is 1. The molecule has 0 radical (unpaired) electrons. The summed E-state index contributed by atoms with van der Waals surface area (Å²) in [5.41, 5.74) is 0.758. The third-order valence-electron chi connectivity index (χ3n) is 6.54. The second kappa shape index (κ2) is 12.6. The fourth-order valence-electron chi connectivity index (χ4n) is 4.34. The summed E-state index contributed by atoms with van der Waals surface area (Å²) < 4.78 is 49.2. The highest BCUT2D eigenvalue weighted by Gasteiger charge is 2.43. The molecule has 15 heteroatoms. The van der Waals surface area contributed by atoms with Crippen LogP contribution in [0.5, 0.6) is 0 Å². The van der Waals surface area contributed by atoms with Crippen LogP contribution in [0.15, 0.2) is 28.7 Å². The number of carbonyl (C=O) groups excluding carboxylic acids is 3. The topological polar surface area (TPSA) is 155 Å². The predicted molar refractivity (Wildman–Crippen MR) is 136 cm³/mol. The number of carboxylic acid groups (broad SMARTS) is 1. The minimum absolute atomic E-state index is 0.0166.